The summed E-state index contributed by atoms with van der Waals surface area (Å²) >= 11 is 1.52. The second-order valence-corrected chi connectivity index (χ2v) is 9.74. The Morgan fingerprint density at radius 1 is 1.11 bits per heavy atom. The van der Waals surface area contributed by atoms with E-state index in [-0.39, 0.29) is 30.8 Å². The lowest BCUT2D eigenvalue weighted by Crippen LogP contribution is -2.47. The highest BCUT2D eigenvalue weighted by Crippen LogP contribution is 2.35. The zero-order valence-corrected chi connectivity index (χ0v) is 21.0. The van der Waals surface area contributed by atoms with E-state index in [9.17, 15) is 9.59 Å². The van der Waals surface area contributed by atoms with E-state index >= 15 is 0 Å². The fourth-order valence-electron chi connectivity index (χ4n) is 4.58. The number of ether oxygens (including phenoxy) is 2. The number of rotatable bonds is 10. The summed E-state index contributed by atoms with van der Waals surface area (Å²) in [5, 5.41) is 5.17. The van der Waals surface area contributed by atoms with Crippen LogP contribution in [0, 0.1) is 0 Å². The van der Waals surface area contributed by atoms with Gasteiger partial charge in [-0.1, -0.05) is 25.3 Å². The molecule has 7 nitrogen and oxygen atoms in total. The van der Waals surface area contributed by atoms with Crippen molar-refractivity contribution < 1.29 is 23.5 Å². The van der Waals surface area contributed by atoms with Crippen molar-refractivity contribution in [2.24, 2.45) is 0 Å². The third kappa shape index (κ3) is 6.25. The molecule has 1 atom stereocenters. The summed E-state index contributed by atoms with van der Waals surface area (Å²) < 4.78 is 16.6. The van der Waals surface area contributed by atoms with Crippen molar-refractivity contribution in [3.05, 3.63) is 70.3 Å². The van der Waals surface area contributed by atoms with Gasteiger partial charge in [-0.05, 0) is 48.6 Å². The molecule has 1 N–H and O–H groups in total. The highest BCUT2D eigenvalue weighted by atomic mass is 32.1. The summed E-state index contributed by atoms with van der Waals surface area (Å²) in [6.45, 7) is 0.162. The van der Waals surface area contributed by atoms with Gasteiger partial charge in [0.15, 0.2) is 0 Å². The summed E-state index contributed by atoms with van der Waals surface area (Å²) in [5.74, 6) is 1.32. The van der Waals surface area contributed by atoms with Crippen molar-refractivity contribution in [2.75, 3.05) is 14.2 Å². The smallest absolute Gasteiger partial charge is 0.247 e. The SMILES string of the molecule is COc1ccc(C(C(=O)NC2CCCCC2)N(Cc2ccco2)C(=O)Cc2cccs2)c(OC)c1. The summed E-state index contributed by atoms with van der Waals surface area (Å²) in [6, 6.07) is 12.0. The number of thiophene rings is 1. The summed E-state index contributed by atoms with van der Waals surface area (Å²) in [5.41, 5.74) is 0.604. The maximum Gasteiger partial charge on any atom is 0.247 e. The minimum Gasteiger partial charge on any atom is -0.497 e. The van der Waals surface area contributed by atoms with Crippen LogP contribution >= 0.6 is 11.3 Å². The van der Waals surface area contributed by atoms with E-state index in [4.69, 9.17) is 13.9 Å². The predicted molar refractivity (Wildman–Crippen MR) is 135 cm³/mol. The number of benzene rings is 1. The van der Waals surface area contributed by atoms with Gasteiger partial charge >= 0.3 is 0 Å². The second-order valence-electron chi connectivity index (χ2n) is 8.71. The van der Waals surface area contributed by atoms with Crippen molar-refractivity contribution in [3.63, 3.8) is 0 Å². The van der Waals surface area contributed by atoms with Crippen LogP contribution in [0.3, 0.4) is 0 Å². The number of nitrogens with one attached hydrogen (secondary N) is 1. The quantitative estimate of drug-likeness (QED) is 0.421. The van der Waals surface area contributed by atoms with Gasteiger partial charge < -0.3 is 24.1 Å². The maximum atomic E-state index is 13.9. The molecular formula is C27H32N2O5S. The molecule has 1 aliphatic rings. The standard InChI is InChI=1S/C27H32N2O5S/c1-32-20-12-13-23(24(16-20)33-2)26(27(31)28-19-8-4-3-5-9-19)29(18-21-10-6-14-34-21)25(30)17-22-11-7-15-35-22/h6-7,10-16,19,26H,3-5,8-9,17-18H2,1-2H3,(H,28,31). The van der Waals surface area contributed by atoms with E-state index < -0.39 is 6.04 Å². The molecule has 2 aromatic heterocycles. The Morgan fingerprint density at radius 2 is 1.94 bits per heavy atom. The fraction of sp³-hybridized carbons (Fsp3) is 0.407. The van der Waals surface area contributed by atoms with Crippen LogP contribution in [0.15, 0.2) is 58.5 Å². The summed E-state index contributed by atoms with van der Waals surface area (Å²) in [4.78, 5) is 30.1. The number of nitrogens with zero attached hydrogens (tertiary/aromatic N) is 1. The Hall–Kier alpha value is -3.26. The Kier molecular flexibility index (Phi) is 8.47. The molecule has 3 aromatic rings. The largest absolute Gasteiger partial charge is 0.497 e. The van der Waals surface area contributed by atoms with Gasteiger partial charge in [-0.25, -0.2) is 0 Å². The normalized spacial score (nSPS) is 14.8. The number of carbonyl (C=O) groups excluding carboxylic acids is 2. The zero-order chi connectivity index (χ0) is 24.6. The van der Waals surface area contributed by atoms with Crippen molar-refractivity contribution in [2.45, 2.75) is 57.2 Å². The topological polar surface area (TPSA) is 81.0 Å². The molecule has 8 heteroatoms. The molecule has 0 spiro atoms. The van der Waals surface area contributed by atoms with Gasteiger partial charge in [-0.3, -0.25) is 9.59 Å². The Morgan fingerprint density at radius 3 is 2.60 bits per heavy atom. The lowest BCUT2D eigenvalue weighted by Gasteiger charge is -2.33. The van der Waals surface area contributed by atoms with Gasteiger partial charge in [0.1, 0.15) is 23.3 Å². The lowest BCUT2D eigenvalue weighted by atomic mass is 9.94. The lowest BCUT2D eigenvalue weighted by molar-refractivity contribution is -0.141. The van der Waals surface area contributed by atoms with Gasteiger partial charge in [0.2, 0.25) is 11.8 Å². The molecule has 0 aliphatic heterocycles. The first-order valence-electron chi connectivity index (χ1n) is 12.0. The maximum absolute atomic E-state index is 13.9. The fourth-order valence-corrected chi connectivity index (χ4v) is 5.28. The van der Waals surface area contributed by atoms with Gasteiger partial charge in [0.05, 0.1) is 33.4 Å². The first-order chi connectivity index (χ1) is 17.1. The molecule has 186 valence electrons. The van der Waals surface area contributed by atoms with E-state index in [1.54, 1.807) is 49.6 Å². The number of furan rings is 1. The third-order valence-corrected chi connectivity index (χ3v) is 7.26. The van der Waals surface area contributed by atoms with E-state index in [0.717, 1.165) is 30.6 Å². The van der Waals surface area contributed by atoms with Gasteiger partial charge in [-0.2, -0.15) is 0 Å². The number of methoxy groups -OCH3 is 2. The van der Waals surface area contributed by atoms with E-state index in [1.807, 2.05) is 23.6 Å². The number of amides is 2. The van der Waals surface area contributed by atoms with Crippen molar-refractivity contribution in [3.8, 4) is 11.5 Å². The van der Waals surface area contributed by atoms with Crippen LogP contribution in [-0.2, 0) is 22.6 Å². The molecule has 2 heterocycles. The summed E-state index contributed by atoms with van der Waals surface area (Å²) in [7, 11) is 3.13. The predicted octanol–water partition coefficient (Wildman–Crippen LogP) is 5.12. The molecule has 35 heavy (non-hydrogen) atoms. The van der Waals surface area contributed by atoms with Crippen molar-refractivity contribution in [1.29, 1.82) is 0 Å². The monoisotopic (exact) mass is 496 g/mol. The third-order valence-electron chi connectivity index (χ3n) is 6.38. The van der Waals surface area contributed by atoms with Crippen LogP contribution in [0.25, 0.3) is 0 Å². The first kappa shape index (κ1) is 24.9. The van der Waals surface area contributed by atoms with Gasteiger partial charge in [-0.15, -0.1) is 11.3 Å². The van der Waals surface area contributed by atoms with E-state index in [2.05, 4.69) is 5.32 Å². The average Bonchev–Trinajstić information content (AvgIpc) is 3.59. The van der Waals surface area contributed by atoms with Crippen LogP contribution in [-0.4, -0.2) is 37.0 Å². The highest BCUT2D eigenvalue weighted by molar-refractivity contribution is 7.10. The van der Waals surface area contributed by atoms with Gasteiger partial charge in [0.25, 0.3) is 0 Å². The van der Waals surface area contributed by atoms with Gasteiger partial charge in [0, 0.05) is 22.5 Å². The van der Waals surface area contributed by atoms with Crippen LogP contribution in [0.4, 0.5) is 0 Å². The van der Waals surface area contributed by atoms with Crippen molar-refractivity contribution >= 4 is 23.2 Å². The number of hydrogen-bond acceptors (Lipinski definition) is 6. The Labute approximate surface area is 210 Å². The molecule has 4 rings (SSSR count). The van der Waals surface area contributed by atoms with Crippen LogP contribution < -0.4 is 14.8 Å². The molecular weight excluding hydrogens is 464 g/mol. The number of hydrogen-bond donors (Lipinski definition) is 1. The molecule has 0 bridgehead atoms. The van der Waals surface area contributed by atoms with Crippen LogP contribution in [0.5, 0.6) is 11.5 Å². The van der Waals surface area contributed by atoms with Crippen molar-refractivity contribution in [1.82, 2.24) is 10.2 Å². The molecule has 1 fully saturated rings. The average molecular weight is 497 g/mol. The first-order valence-corrected chi connectivity index (χ1v) is 12.8. The van der Waals surface area contributed by atoms with E-state index in [0.29, 0.717) is 22.8 Å². The molecule has 2 amide bonds. The van der Waals surface area contributed by atoms with Crippen LogP contribution in [0.2, 0.25) is 0 Å². The molecule has 0 saturated heterocycles. The van der Waals surface area contributed by atoms with E-state index in [1.165, 1.54) is 17.8 Å². The Balaban J connectivity index is 1.73. The molecule has 0 radical (unpaired) electrons. The highest BCUT2D eigenvalue weighted by Gasteiger charge is 2.35. The number of carbonyl (C=O) groups is 2. The molecule has 1 aliphatic carbocycles. The molecule has 1 saturated carbocycles. The Bertz CT molecular complexity index is 1090. The molecule has 1 aromatic carbocycles. The molecule has 1 unspecified atom stereocenters. The zero-order valence-electron chi connectivity index (χ0n) is 20.2. The summed E-state index contributed by atoms with van der Waals surface area (Å²) in [6.07, 6.45) is 7.03. The second kappa shape index (κ2) is 11.9. The minimum absolute atomic E-state index is 0.0980. The van der Waals surface area contributed by atoms with Crippen LogP contribution in [0.1, 0.15) is 54.3 Å². The minimum atomic E-state index is -0.893.